The first-order valence-corrected chi connectivity index (χ1v) is 5.47. The smallest absolute Gasteiger partial charge is 0.329 e. The molecule has 0 atom stereocenters. The van der Waals surface area contributed by atoms with E-state index in [1.54, 1.807) is 6.20 Å². The van der Waals surface area contributed by atoms with Crippen molar-refractivity contribution in [2.45, 2.75) is 12.8 Å². The highest BCUT2D eigenvalue weighted by atomic mass is 16.4. The van der Waals surface area contributed by atoms with Crippen molar-refractivity contribution in [1.82, 2.24) is 4.90 Å². The minimum Gasteiger partial charge on any atom is -0.478 e. The molecule has 1 N–H and O–H groups in total. The van der Waals surface area contributed by atoms with Crippen molar-refractivity contribution in [3.8, 4) is 0 Å². The SMILES string of the molecule is O=C(O)C=CN1CCc2ccccc2CC1. The molecule has 1 aromatic carbocycles. The van der Waals surface area contributed by atoms with Crippen molar-refractivity contribution in [2.24, 2.45) is 0 Å². The highest BCUT2D eigenvalue weighted by Gasteiger charge is 2.10. The highest BCUT2D eigenvalue weighted by Crippen LogP contribution is 2.15. The quantitative estimate of drug-likeness (QED) is 0.766. The predicted molar refractivity (Wildman–Crippen MR) is 62.2 cm³/mol. The van der Waals surface area contributed by atoms with Gasteiger partial charge in [-0.25, -0.2) is 4.79 Å². The fourth-order valence-corrected chi connectivity index (χ4v) is 2.00. The van der Waals surface area contributed by atoms with Gasteiger partial charge >= 0.3 is 5.97 Å². The summed E-state index contributed by atoms with van der Waals surface area (Å²) in [6.07, 6.45) is 4.85. The largest absolute Gasteiger partial charge is 0.478 e. The number of carboxylic acids is 1. The first kappa shape index (κ1) is 10.7. The van der Waals surface area contributed by atoms with Crippen LogP contribution in [0.2, 0.25) is 0 Å². The Kier molecular flexibility index (Phi) is 3.25. The molecule has 3 nitrogen and oxygen atoms in total. The van der Waals surface area contributed by atoms with E-state index >= 15 is 0 Å². The lowest BCUT2D eigenvalue weighted by Crippen LogP contribution is -2.20. The Balaban J connectivity index is 2.05. The van der Waals surface area contributed by atoms with E-state index < -0.39 is 5.97 Å². The summed E-state index contributed by atoms with van der Waals surface area (Å²) >= 11 is 0. The lowest BCUT2D eigenvalue weighted by molar-refractivity contribution is -0.131. The fraction of sp³-hybridized carbons (Fsp3) is 0.308. The van der Waals surface area contributed by atoms with Gasteiger partial charge in [0.1, 0.15) is 0 Å². The van der Waals surface area contributed by atoms with Crippen LogP contribution < -0.4 is 0 Å². The summed E-state index contributed by atoms with van der Waals surface area (Å²) in [7, 11) is 0. The van der Waals surface area contributed by atoms with Crippen molar-refractivity contribution in [3.05, 3.63) is 47.7 Å². The average molecular weight is 217 g/mol. The van der Waals surface area contributed by atoms with E-state index in [-0.39, 0.29) is 0 Å². The lowest BCUT2D eigenvalue weighted by atomic mass is 10.0. The molecule has 0 radical (unpaired) electrons. The summed E-state index contributed by atoms with van der Waals surface area (Å²) in [5.41, 5.74) is 2.77. The second-order valence-corrected chi connectivity index (χ2v) is 3.96. The second-order valence-electron chi connectivity index (χ2n) is 3.96. The maximum atomic E-state index is 10.4. The first-order chi connectivity index (χ1) is 7.75. The van der Waals surface area contributed by atoms with E-state index in [0.717, 1.165) is 25.9 Å². The second kappa shape index (κ2) is 4.84. The van der Waals surface area contributed by atoms with E-state index in [2.05, 4.69) is 29.2 Å². The van der Waals surface area contributed by atoms with Gasteiger partial charge in [-0.3, -0.25) is 0 Å². The van der Waals surface area contributed by atoms with Crippen LogP contribution in [-0.4, -0.2) is 29.1 Å². The minimum absolute atomic E-state index is 0.887. The molecule has 2 rings (SSSR count). The number of fused-ring (bicyclic) bond motifs is 1. The molecular weight excluding hydrogens is 202 g/mol. The van der Waals surface area contributed by atoms with Crippen LogP contribution in [0, 0.1) is 0 Å². The summed E-state index contributed by atoms with van der Waals surface area (Å²) in [5, 5.41) is 8.57. The summed E-state index contributed by atoms with van der Waals surface area (Å²) in [6, 6.07) is 8.42. The van der Waals surface area contributed by atoms with Gasteiger partial charge in [-0.1, -0.05) is 24.3 Å². The Labute approximate surface area is 95.0 Å². The Morgan fingerprint density at radius 1 is 1.19 bits per heavy atom. The van der Waals surface area contributed by atoms with Crippen molar-refractivity contribution in [1.29, 1.82) is 0 Å². The van der Waals surface area contributed by atoms with Crippen LogP contribution in [0.1, 0.15) is 11.1 Å². The number of carbonyl (C=O) groups is 1. The van der Waals surface area contributed by atoms with Gasteiger partial charge in [-0.05, 0) is 24.0 Å². The number of hydrogen-bond acceptors (Lipinski definition) is 2. The summed E-state index contributed by atoms with van der Waals surface area (Å²) < 4.78 is 0. The zero-order chi connectivity index (χ0) is 11.4. The van der Waals surface area contributed by atoms with Crippen LogP contribution in [0.25, 0.3) is 0 Å². The summed E-state index contributed by atoms with van der Waals surface area (Å²) in [4.78, 5) is 12.5. The number of rotatable bonds is 2. The third-order valence-corrected chi connectivity index (χ3v) is 2.88. The Morgan fingerprint density at radius 3 is 2.25 bits per heavy atom. The average Bonchev–Trinajstić information content (AvgIpc) is 2.49. The standard InChI is InChI=1S/C13H15NO2/c15-13(16)7-10-14-8-5-11-3-1-2-4-12(11)6-9-14/h1-4,7,10H,5-6,8-9H2,(H,15,16). The molecule has 0 unspecified atom stereocenters. The molecule has 1 heterocycles. The van der Waals surface area contributed by atoms with Gasteiger partial charge in [-0.15, -0.1) is 0 Å². The van der Waals surface area contributed by atoms with Gasteiger partial charge in [0.15, 0.2) is 0 Å². The molecule has 0 aliphatic carbocycles. The van der Waals surface area contributed by atoms with Crippen LogP contribution in [0.3, 0.4) is 0 Å². The zero-order valence-electron chi connectivity index (χ0n) is 9.10. The van der Waals surface area contributed by atoms with E-state index in [0.29, 0.717) is 0 Å². The molecule has 1 aliphatic rings. The third kappa shape index (κ3) is 2.63. The number of aliphatic carboxylic acids is 1. The van der Waals surface area contributed by atoms with Crippen molar-refractivity contribution in [3.63, 3.8) is 0 Å². The van der Waals surface area contributed by atoms with Crippen molar-refractivity contribution in [2.75, 3.05) is 13.1 Å². The van der Waals surface area contributed by atoms with Gasteiger partial charge in [-0.2, -0.15) is 0 Å². The molecule has 0 fully saturated rings. The molecule has 0 saturated heterocycles. The molecule has 1 aliphatic heterocycles. The molecule has 0 aromatic heterocycles. The first-order valence-electron chi connectivity index (χ1n) is 5.47. The number of benzene rings is 1. The lowest BCUT2D eigenvalue weighted by Gasteiger charge is -2.16. The van der Waals surface area contributed by atoms with Gasteiger partial charge in [0.05, 0.1) is 0 Å². The Hall–Kier alpha value is -1.77. The topological polar surface area (TPSA) is 40.5 Å². The Bertz CT molecular complexity index is 385. The molecule has 3 heteroatoms. The van der Waals surface area contributed by atoms with Gasteiger partial charge < -0.3 is 10.0 Å². The minimum atomic E-state index is -0.887. The van der Waals surface area contributed by atoms with Gasteiger partial charge in [0.25, 0.3) is 0 Å². The van der Waals surface area contributed by atoms with E-state index in [9.17, 15) is 4.79 Å². The normalized spacial score (nSPS) is 15.9. The Morgan fingerprint density at radius 2 is 1.75 bits per heavy atom. The molecule has 0 bridgehead atoms. The molecule has 0 amide bonds. The molecular formula is C13H15NO2. The molecule has 0 spiro atoms. The van der Waals surface area contributed by atoms with Gasteiger partial charge in [0.2, 0.25) is 0 Å². The molecule has 16 heavy (non-hydrogen) atoms. The van der Waals surface area contributed by atoms with Crippen LogP contribution in [0.4, 0.5) is 0 Å². The fourth-order valence-electron chi connectivity index (χ4n) is 2.00. The number of hydrogen-bond donors (Lipinski definition) is 1. The monoisotopic (exact) mass is 217 g/mol. The number of nitrogens with zero attached hydrogens (tertiary/aromatic N) is 1. The van der Waals surface area contributed by atoms with Crippen molar-refractivity contribution < 1.29 is 9.90 Å². The van der Waals surface area contributed by atoms with Crippen LogP contribution in [0.15, 0.2) is 36.5 Å². The van der Waals surface area contributed by atoms with Crippen LogP contribution in [-0.2, 0) is 17.6 Å². The molecule has 1 aromatic rings. The van der Waals surface area contributed by atoms with Crippen LogP contribution >= 0.6 is 0 Å². The van der Waals surface area contributed by atoms with E-state index in [4.69, 9.17) is 5.11 Å². The predicted octanol–water partition coefficient (Wildman–Crippen LogP) is 1.69. The summed E-state index contributed by atoms with van der Waals surface area (Å²) in [5.74, 6) is -0.887. The summed E-state index contributed by atoms with van der Waals surface area (Å²) in [6.45, 7) is 1.78. The van der Waals surface area contributed by atoms with Crippen molar-refractivity contribution >= 4 is 5.97 Å². The number of carboxylic acid groups (broad SMARTS) is 1. The highest BCUT2D eigenvalue weighted by molar-refractivity contribution is 5.79. The third-order valence-electron chi connectivity index (χ3n) is 2.88. The molecule has 84 valence electrons. The van der Waals surface area contributed by atoms with E-state index in [1.165, 1.54) is 17.2 Å². The molecule has 0 saturated carbocycles. The van der Waals surface area contributed by atoms with Crippen LogP contribution in [0.5, 0.6) is 0 Å². The maximum absolute atomic E-state index is 10.4. The maximum Gasteiger partial charge on any atom is 0.329 e. The van der Waals surface area contributed by atoms with Gasteiger partial charge in [0, 0.05) is 25.4 Å². The zero-order valence-corrected chi connectivity index (χ0v) is 9.10. The van der Waals surface area contributed by atoms with E-state index in [1.807, 2.05) is 0 Å².